The van der Waals surface area contributed by atoms with Crippen molar-refractivity contribution in [3.05, 3.63) is 57.9 Å². The molecule has 2 heterocycles. The number of aromatic nitrogens is 1. The molecule has 2 aromatic carbocycles. The molecule has 3 aromatic rings. The maximum atomic E-state index is 12.5. The van der Waals surface area contributed by atoms with Crippen molar-refractivity contribution in [2.75, 3.05) is 20.8 Å². The van der Waals surface area contributed by atoms with Gasteiger partial charge in [0.05, 0.1) is 31.5 Å². The molecule has 0 fully saturated rings. The van der Waals surface area contributed by atoms with Crippen LogP contribution in [0.2, 0.25) is 5.02 Å². The lowest BCUT2D eigenvalue weighted by atomic mass is 9.99. The molecule has 1 aliphatic rings. The number of hydrogen-bond donors (Lipinski definition) is 1. The van der Waals surface area contributed by atoms with Crippen molar-refractivity contribution in [3.8, 4) is 28.4 Å². The van der Waals surface area contributed by atoms with Crippen molar-refractivity contribution >= 4 is 17.5 Å². The number of methoxy groups -OCH3 is 2. The highest BCUT2D eigenvalue weighted by atomic mass is 35.5. The van der Waals surface area contributed by atoms with E-state index < -0.39 is 0 Å². The van der Waals surface area contributed by atoms with Crippen LogP contribution in [0.5, 0.6) is 17.2 Å². The Morgan fingerprint density at radius 2 is 2.03 bits per heavy atom. The smallest absolute Gasteiger partial charge is 0.256 e. The van der Waals surface area contributed by atoms with E-state index in [-0.39, 0.29) is 12.0 Å². The minimum Gasteiger partial charge on any atom is -0.497 e. The summed E-state index contributed by atoms with van der Waals surface area (Å²) in [6.07, 6.45) is 0.399. The molecule has 1 aromatic heterocycles. The van der Waals surface area contributed by atoms with Gasteiger partial charge < -0.3 is 24.1 Å². The van der Waals surface area contributed by atoms with Gasteiger partial charge in [0.15, 0.2) is 0 Å². The molecule has 1 aliphatic heterocycles. The van der Waals surface area contributed by atoms with Crippen LogP contribution in [-0.2, 0) is 6.42 Å². The largest absolute Gasteiger partial charge is 0.497 e. The van der Waals surface area contributed by atoms with Gasteiger partial charge in [-0.1, -0.05) is 16.8 Å². The van der Waals surface area contributed by atoms with Gasteiger partial charge in [-0.05, 0) is 49.7 Å². The number of nitrogens with one attached hydrogen (secondary N) is 1. The van der Waals surface area contributed by atoms with Crippen LogP contribution in [0.4, 0.5) is 0 Å². The number of carbonyl (C=O) groups is 1. The lowest BCUT2D eigenvalue weighted by Crippen LogP contribution is -2.34. The summed E-state index contributed by atoms with van der Waals surface area (Å²) in [7, 11) is 3.25. The first-order valence-corrected chi connectivity index (χ1v) is 10.2. The Morgan fingerprint density at radius 1 is 1.23 bits per heavy atom. The normalized spacial score (nSPS) is 14.7. The summed E-state index contributed by atoms with van der Waals surface area (Å²) in [6.45, 7) is 3.79. The van der Waals surface area contributed by atoms with Crippen molar-refractivity contribution in [2.45, 2.75) is 26.4 Å². The minimum absolute atomic E-state index is 0.223. The number of fused-ring (bicyclic) bond motifs is 1. The molecule has 0 radical (unpaired) electrons. The highest BCUT2D eigenvalue weighted by Crippen LogP contribution is 2.42. The van der Waals surface area contributed by atoms with Crippen molar-refractivity contribution in [1.82, 2.24) is 10.5 Å². The monoisotopic (exact) mass is 442 g/mol. The molecule has 0 bridgehead atoms. The number of rotatable bonds is 6. The summed E-state index contributed by atoms with van der Waals surface area (Å²) in [5.41, 5.74) is 3.78. The summed E-state index contributed by atoms with van der Waals surface area (Å²) < 4.78 is 21.9. The van der Waals surface area contributed by atoms with E-state index in [0.717, 1.165) is 28.2 Å². The van der Waals surface area contributed by atoms with Crippen molar-refractivity contribution in [1.29, 1.82) is 0 Å². The molecule has 0 saturated heterocycles. The fourth-order valence-electron chi connectivity index (χ4n) is 3.80. The number of aryl methyl sites for hydroxylation is 2. The highest BCUT2D eigenvalue weighted by Gasteiger charge is 2.28. The Balaban J connectivity index is 1.52. The van der Waals surface area contributed by atoms with E-state index >= 15 is 0 Å². The molecule has 1 N–H and O–H groups in total. The van der Waals surface area contributed by atoms with Gasteiger partial charge in [0.1, 0.15) is 34.7 Å². The summed E-state index contributed by atoms with van der Waals surface area (Å²) in [6, 6.07) is 9.50. The third-order valence-corrected chi connectivity index (χ3v) is 5.60. The van der Waals surface area contributed by atoms with E-state index in [9.17, 15) is 4.79 Å². The fourth-order valence-corrected chi connectivity index (χ4v) is 4.08. The standard InChI is InChI=1S/C23H23ClN2O5/c1-12-21(13(2)31-26-12)23(27)25-11-17-8-15-7-14(9-19(24)22(15)30-17)18-10-16(28-3)5-6-20(18)29-4/h5-7,9-10,17H,8,11H2,1-4H3,(H,25,27)/t17-/m1/s1. The maximum absolute atomic E-state index is 12.5. The van der Waals surface area contributed by atoms with Crippen LogP contribution in [0, 0.1) is 13.8 Å². The van der Waals surface area contributed by atoms with Crippen molar-refractivity contribution in [2.24, 2.45) is 0 Å². The third-order valence-electron chi connectivity index (χ3n) is 5.32. The van der Waals surface area contributed by atoms with Gasteiger partial charge in [-0.3, -0.25) is 4.79 Å². The Hall–Kier alpha value is -3.19. The molecule has 1 amide bonds. The molecule has 31 heavy (non-hydrogen) atoms. The van der Waals surface area contributed by atoms with Crippen LogP contribution in [-0.4, -0.2) is 37.9 Å². The quantitative estimate of drug-likeness (QED) is 0.610. The van der Waals surface area contributed by atoms with E-state index in [1.54, 1.807) is 28.1 Å². The van der Waals surface area contributed by atoms with Gasteiger partial charge >= 0.3 is 0 Å². The number of nitrogens with zero attached hydrogens (tertiary/aromatic N) is 1. The Labute approximate surface area is 185 Å². The minimum atomic E-state index is -0.233. The van der Waals surface area contributed by atoms with Crippen LogP contribution in [0.1, 0.15) is 27.4 Å². The van der Waals surface area contributed by atoms with Gasteiger partial charge in [0.25, 0.3) is 5.91 Å². The Bertz CT molecular complexity index is 1120. The molecule has 7 nitrogen and oxygen atoms in total. The van der Waals surface area contributed by atoms with Crippen LogP contribution >= 0.6 is 11.6 Å². The number of carbonyl (C=O) groups excluding carboxylic acids is 1. The first-order chi connectivity index (χ1) is 14.9. The summed E-state index contributed by atoms with van der Waals surface area (Å²) >= 11 is 6.54. The molecule has 0 unspecified atom stereocenters. The number of amides is 1. The summed E-state index contributed by atoms with van der Waals surface area (Å²) in [5.74, 6) is 2.35. The second-order valence-electron chi connectivity index (χ2n) is 7.37. The SMILES string of the molecule is COc1ccc(OC)c(-c2cc(Cl)c3c(c2)C[C@H](CNC(=O)c2c(C)noc2C)O3)c1. The van der Waals surface area contributed by atoms with Gasteiger partial charge in [0.2, 0.25) is 0 Å². The number of halogens is 1. The van der Waals surface area contributed by atoms with Crippen LogP contribution in [0.15, 0.2) is 34.9 Å². The topological polar surface area (TPSA) is 82.8 Å². The number of hydrogen-bond acceptors (Lipinski definition) is 6. The summed E-state index contributed by atoms with van der Waals surface area (Å²) in [5, 5.41) is 7.23. The molecule has 0 saturated carbocycles. The van der Waals surface area contributed by atoms with E-state index in [1.807, 2.05) is 30.3 Å². The van der Waals surface area contributed by atoms with Gasteiger partial charge in [-0.2, -0.15) is 0 Å². The predicted molar refractivity (Wildman–Crippen MR) is 116 cm³/mol. The first-order valence-electron chi connectivity index (χ1n) is 9.83. The molecule has 0 spiro atoms. The molecule has 8 heteroatoms. The molecule has 162 valence electrons. The van der Waals surface area contributed by atoms with Gasteiger partial charge in [-0.15, -0.1) is 0 Å². The molecule has 0 aliphatic carbocycles. The van der Waals surface area contributed by atoms with Gasteiger partial charge in [-0.25, -0.2) is 0 Å². The third kappa shape index (κ3) is 4.05. The van der Waals surface area contributed by atoms with Crippen molar-refractivity contribution < 1.29 is 23.5 Å². The van der Waals surface area contributed by atoms with E-state index in [1.165, 1.54) is 0 Å². The zero-order valence-electron chi connectivity index (χ0n) is 17.7. The number of benzene rings is 2. The maximum Gasteiger partial charge on any atom is 0.256 e. The lowest BCUT2D eigenvalue weighted by Gasteiger charge is -2.13. The molecule has 1 atom stereocenters. The Kier molecular flexibility index (Phi) is 5.78. The number of ether oxygens (including phenoxy) is 3. The van der Waals surface area contributed by atoms with Crippen LogP contribution in [0.3, 0.4) is 0 Å². The fraction of sp³-hybridized carbons (Fsp3) is 0.304. The zero-order chi connectivity index (χ0) is 22.1. The summed E-state index contributed by atoms with van der Waals surface area (Å²) in [4.78, 5) is 12.5. The second-order valence-corrected chi connectivity index (χ2v) is 7.77. The Morgan fingerprint density at radius 3 is 2.71 bits per heavy atom. The zero-order valence-corrected chi connectivity index (χ0v) is 18.5. The predicted octanol–water partition coefficient (Wildman–Crippen LogP) is 4.36. The van der Waals surface area contributed by atoms with Crippen LogP contribution in [0.25, 0.3) is 11.1 Å². The average Bonchev–Trinajstić information content (AvgIpc) is 3.34. The van der Waals surface area contributed by atoms with Gasteiger partial charge in [0, 0.05) is 17.5 Å². The molecular formula is C23H23ClN2O5. The molecule has 4 rings (SSSR count). The van der Waals surface area contributed by atoms with E-state index in [2.05, 4.69) is 10.5 Å². The molecular weight excluding hydrogens is 420 g/mol. The lowest BCUT2D eigenvalue weighted by molar-refractivity contribution is 0.0931. The van der Waals surface area contributed by atoms with E-state index in [0.29, 0.717) is 40.8 Å². The second kappa shape index (κ2) is 8.51. The highest BCUT2D eigenvalue weighted by molar-refractivity contribution is 6.32. The average molecular weight is 443 g/mol. The van der Waals surface area contributed by atoms with Crippen LogP contribution < -0.4 is 19.5 Å². The van der Waals surface area contributed by atoms with E-state index in [4.69, 9.17) is 30.3 Å². The van der Waals surface area contributed by atoms with Crippen molar-refractivity contribution in [3.63, 3.8) is 0 Å². The first kappa shape index (κ1) is 21.1.